The Morgan fingerprint density at radius 2 is 2.00 bits per heavy atom. The maximum atomic E-state index is 14.0. The Kier molecular flexibility index (Phi) is 4.51. The van der Waals surface area contributed by atoms with Gasteiger partial charge in [0, 0.05) is 0 Å². The number of benzene rings is 2. The number of carbonyl (C=O) groups is 1. The van der Waals surface area contributed by atoms with Crippen LogP contribution in [0.3, 0.4) is 0 Å². The third-order valence-electron chi connectivity index (χ3n) is 4.58. The van der Waals surface area contributed by atoms with Crippen LogP contribution in [0.5, 0.6) is 0 Å². The molecule has 0 aliphatic carbocycles. The van der Waals surface area contributed by atoms with Gasteiger partial charge >= 0.3 is 0 Å². The second-order valence-corrected chi connectivity index (χ2v) is 7.41. The van der Waals surface area contributed by atoms with E-state index in [1.807, 2.05) is 25.1 Å². The summed E-state index contributed by atoms with van der Waals surface area (Å²) in [5, 5.41) is 6.97. The molecule has 2 heterocycles. The van der Waals surface area contributed by atoms with Gasteiger partial charge in [-0.25, -0.2) is 9.07 Å². The van der Waals surface area contributed by atoms with Gasteiger partial charge in [-0.05, 0) is 42.4 Å². The van der Waals surface area contributed by atoms with E-state index in [0.717, 1.165) is 17.7 Å². The van der Waals surface area contributed by atoms with E-state index in [-0.39, 0.29) is 17.0 Å². The predicted molar refractivity (Wildman–Crippen MR) is 102 cm³/mol. The van der Waals surface area contributed by atoms with Crippen molar-refractivity contribution >= 4 is 23.4 Å². The number of para-hydroxylation sites is 1. The van der Waals surface area contributed by atoms with Gasteiger partial charge in [0.15, 0.2) is 0 Å². The maximum Gasteiger partial charge on any atom is 0.242 e. The second-order valence-electron chi connectivity index (χ2n) is 6.20. The summed E-state index contributed by atoms with van der Waals surface area (Å²) in [7, 11) is 0. The molecule has 0 radical (unpaired) electrons. The van der Waals surface area contributed by atoms with Crippen molar-refractivity contribution in [2.24, 2.45) is 0 Å². The molecule has 0 fully saturated rings. The van der Waals surface area contributed by atoms with Crippen LogP contribution in [0.2, 0.25) is 0 Å². The second kappa shape index (κ2) is 6.96. The summed E-state index contributed by atoms with van der Waals surface area (Å²) in [6.07, 6.45) is 2.55. The summed E-state index contributed by atoms with van der Waals surface area (Å²) in [6.45, 7) is 1.82. The van der Waals surface area contributed by atoms with Crippen molar-refractivity contribution < 1.29 is 9.18 Å². The molecule has 1 aromatic heterocycles. The molecule has 26 heavy (non-hydrogen) atoms. The van der Waals surface area contributed by atoms with Crippen molar-refractivity contribution in [2.45, 2.75) is 18.6 Å². The Labute approximate surface area is 155 Å². The molecule has 4 rings (SSSR count). The van der Waals surface area contributed by atoms with Crippen molar-refractivity contribution in [3.63, 3.8) is 0 Å². The third-order valence-corrected chi connectivity index (χ3v) is 5.82. The number of carbonyl (C=O) groups excluding carboxylic acids is 1. The quantitative estimate of drug-likeness (QED) is 0.751. The molecule has 1 atom stereocenters. The largest absolute Gasteiger partial charge is 0.322 e. The summed E-state index contributed by atoms with van der Waals surface area (Å²) in [4.78, 5) is 12.9. The van der Waals surface area contributed by atoms with E-state index < -0.39 is 0 Å². The van der Waals surface area contributed by atoms with Crippen molar-refractivity contribution in [2.75, 3.05) is 11.1 Å². The highest BCUT2D eigenvalue weighted by atomic mass is 32.2. The summed E-state index contributed by atoms with van der Waals surface area (Å²) in [5.74, 6) is 0.495. The number of nitrogens with one attached hydrogen (secondary N) is 1. The molecule has 4 nitrogen and oxygen atoms in total. The van der Waals surface area contributed by atoms with Crippen LogP contribution in [0, 0.1) is 12.7 Å². The number of halogens is 1. The van der Waals surface area contributed by atoms with Gasteiger partial charge in [0.05, 0.1) is 17.6 Å². The number of fused-ring (bicyclic) bond motifs is 1. The normalized spacial score (nSPS) is 16.2. The zero-order valence-corrected chi connectivity index (χ0v) is 15.1. The van der Waals surface area contributed by atoms with Crippen LogP contribution in [0.4, 0.5) is 10.1 Å². The number of hydrogen-bond acceptors (Lipinski definition) is 3. The van der Waals surface area contributed by atoms with E-state index in [1.165, 1.54) is 16.3 Å². The average Bonchev–Trinajstić information content (AvgIpc) is 3.02. The molecular formula is C20H18FN3OS. The number of nitrogens with zero attached hydrogens (tertiary/aromatic N) is 2. The first-order chi connectivity index (χ1) is 12.6. The fraction of sp³-hybridized carbons (Fsp3) is 0.200. The molecule has 2 aromatic carbocycles. The number of aryl methyl sites for hydroxylation is 1. The summed E-state index contributed by atoms with van der Waals surface area (Å²) >= 11 is 1.65. The predicted octanol–water partition coefficient (Wildman–Crippen LogP) is 4.29. The molecule has 0 saturated heterocycles. The summed E-state index contributed by atoms with van der Waals surface area (Å²) in [6, 6.07) is 14.5. The maximum absolute atomic E-state index is 14.0. The van der Waals surface area contributed by atoms with Crippen LogP contribution in [0.1, 0.15) is 22.1 Å². The number of thioether (sulfide) groups is 1. The van der Waals surface area contributed by atoms with E-state index in [9.17, 15) is 9.18 Å². The number of amides is 1. The Hall–Kier alpha value is -2.60. The molecule has 1 amide bonds. The fourth-order valence-electron chi connectivity index (χ4n) is 3.21. The van der Waals surface area contributed by atoms with Crippen LogP contribution in [0.15, 0.2) is 54.7 Å². The SMILES string of the molecule is Cc1c(NC(=O)[C@@H]2SCCc3ccccc32)cnn1-c1ccccc1F. The van der Waals surface area contributed by atoms with Crippen LogP contribution < -0.4 is 5.32 Å². The van der Waals surface area contributed by atoms with Crippen molar-refractivity contribution in [3.8, 4) is 5.69 Å². The Balaban J connectivity index is 1.59. The van der Waals surface area contributed by atoms with E-state index in [1.54, 1.807) is 36.2 Å². The molecule has 6 heteroatoms. The van der Waals surface area contributed by atoms with Gasteiger partial charge in [-0.2, -0.15) is 5.10 Å². The third kappa shape index (κ3) is 3.01. The van der Waals surface area contributed by atoms with Gasteiger partial charge in [-0.1, -0.05) is 36.4 Å². The van der Waals surface area contributed by atoms with Gasteiger partial charge in [0.2, 0.25) is 5.91 Å². The van der Waals surface area contributed by atoms with Crippen LogP contribution in [-0.2, 0) is 11.2 Å². The molecule has 0 bridgehead atoms. The van der Waals surface area contributed by atoms with Crippen LogP contribution in [0.25, 0.3) is 5.69 Å². The number of rotatable bonds is 3. The molecule has 1 N–H and O–H groups in total. The topological polar surface area (TPSA) is 46.9 Å². The number of anilines is 1. The Morgan fingerprint density at radius 3 is 2.85 bits per heavy atom. The highest BCUT2D eigenvalue weighted by molar-refractivity contribution is 8.00. The lowest BCUT2D eigenvalue weighted by Gasteiger charge is -2.24. The standard InChI is InChI=1S/C20H18FN3OS/c1-13-17(12-22-24(13)18-9-5-4-8-16(18)21)23-20(25)19-15-7-3-2-6-14(15)10-11-26-19/h2-9,12,19H,10-11H2,1H3,(H,23,25)/t19-/m1/s1. The highest BCUT2D eigenvalue weighted by Crippen LogP contribution is 2.37. The van der Waals surface area contributed by atoms with Crippen LogP contribution in [-0.4, -0.2) is 21.4 Å². The minimum absolute atomic E-state index is 0.0710. The van der Waals surface area contributed by atoms with Gasteiger partial charge in [-0.3, -0.25) is 4.79 Å². The Bertz CT molecular complexity index is 969. The fourth-order valence-corrected chi connectivity index (χ4v) is 4.40. The molecule has 0 unspecified atom stereocenters. The molecule has 1 aliphatic rings. The molecule has 3 aromatic rings. The van der Waals surface area contributed by atoms with Gasteiger partial charge < -0.3 is 5.32 Å². The molecule has 0 spiro atoms. The minimum atomic E-state index is -0.353. The van der Waals surface area contributed by atoms with Crippen molar-refractivity contribution in [3.05, 3.63) is 77.4 Å². The van der Waals surface area contributed by atoms with E-state index in [0.29, 0.717) is 17.1 Å². The lowest BCUT2D eigenvalue weighted by molar-refractivity contribution is -0.115. The van der Waals surface area contributed by atoms with E-state index in [4.69, 9.17) is 0 Å². The molecule has 132 valence electrons. The number of aromatic nitrogens is 2. The molecule has 1 aliphatic heterocycles. The summed E-state index contributed by atoms with van der Waals surface area (Å²) in [5.41, 5.74) is 3.95. The minimum Gasteiger partial charge on any atom is -0.322 e. The first-order valence-electron chi connectivity index (χ1n) is 8.45. The molecule has 0 saturated carbocycles. The zero-order chi connectivity index (χ0) is 18.1. The van der Waals surface area contributed by atoms with Crippen molar-refractivity contribution in [1.29, 1.82) is 0 Å². The lowest BCUT2D eigenvalue weighted by atomic mass is 10.0. The first kappa shape index (κ1) is 16.8. The molecular weight excluding hydrogens is 349 g/mol. The monoisotopic (exact) mass is 367 g/mol. The lowest BCUT2D eigenvalue weighted by Crippen LogP contribution is -2.23. The summed E-state index contributed by atoms with van der Waals surface area (Å²) < 4.78 is 15.5. The van der Waals surface area contributed by atoms with Crippen LogP contribution >= 0.6 is 11.8 Å². The number of hydrogen-bond donors (Lipinski definition) is 1. The smallest absolute Gasteiger partial charge is 0.242 e. The Morgan fingerprint density at radius 1 is 1.23 bits per heavy atom. The average molecular weight is 367 g/mol. The highest BCUT2D eigenvalue weighted by Gasteiger charge is 2.27. The van der Waals surface area contributed by atoms with Gasteiger partial charge in [-0.15, -0.1) is 11.8 Å². The van der Waals surface area contributed by atoms with Crippen molar-refractivity contribution in [1.82, 2.24) is 9.78 Å². The first-order valence-corrected chi connectivity index (χ1v) is 9.50. The van der Waals surface area contributed by atoms with E-state index >= 15 is 0 Å². The van der Waals surface area contributed by atoms with Gasteiger partial charge in [0.1, 0.15) is 16.8 Å². The van der Waals surface area contributed by atoms with Gasteiger partial charge in [0.25, 0.3) is 0 Å². The zero-order valence-electron chi connectivity index (χ0n) is 14.3. The van der Waals surface area contributed by atoms with E-state index in [2.05, 4.69) is 16.5 Å².